The highest BCUT2D eigenvalue weighted by Gasteiger charge is 2.33. The number of amides is 1. The first-order valence-corrected chi connectivity index (χ1v) is 13.9. The number of likely N-dealkylation sites (N-methyl/N-ethyl adjacent to an activating group) is 1. The number of likely N-dealkylation sites (tertiary alicyclic amines) is 1. The van der Waals surface area contributed by atoms with Crippen LogP contribution in [0.3, 0.4) is 0 Å². The number of nitriles is 1. The van der Waals surface area contributed by atoms with E-state index in [0.717, 1.165) is 30.0 Å². The van der Waals surface area contributed by atoms with Gasteiger partial charge < -0.3 is 24.8 Å². The van der Waals surface area contributed by atoms with Crippen molar-refractivity contribution >= 4 is 22.8 Å². The summed E-state index contributed by atoms with van der Waals surface area (Å²) in [4.78, 5) is 26.0. The Kier molecular flexibility index (Phi) is 8.15. The average molecular weight is 586 g/mol. The number of nitrogen functional groups attached to an aromatic ring is 1. The molecule has 1 amide bonds. The first-order chi connectivity index (χ1) is 20.5. The molecule has 1 aliphatic heterocycles. The molecule has 2 aromatic heterocycles. The van der Waals surface area contributed by atoms with Crippen molar-refractivity contribution in [3.05, 3.63) is 78.3 Å². The molecule has 9 nitrogen and oxygen atoms in total. The summed E-state index contributed by atoms with van der Waals surface area (Å²) in [5, 5.41) is 10.5. The summed E-state index contributed by atoms with van der Waals surface area (Å²) in [6.45, 7) is 4.92. The quantitative estimate of drug-likeness (QED) is 0.214. The lowest BCUT2D eigenvalue weighted by Crippen LogP contribution is -2.41. The Morgan fingerprint density at radius 3 is 2.65 bits per heavy atom. The van der Waals surface area contributed by atoms with Crippen molar-refractivity contribution in [3.8, 4) is 28.7 Å². The van der Waals surface area contributed by atoms with Gasteiger partial charge in [-0.1, -0.05) is 18.2 Å². The third-order valence-corrected chi connectivity index (χ3v) is 8.04. The van der Waals surface area contributed by atoms with E-state index in [0.29, 0.717) is 35.7 Å². The monoisotopic (exact) mass is 585 g/mol. The fraction of sp³-hybridized carbons (Fsp3) is 0.312. The van der Waals surface area contributed by atoms with Crippen molar-refractivity contribution in [1.29, 1.82) is 5.26 Å². The summed E-state index contributed by atoms with van der Waals surface area (Å²) in [5.41, 5.74) is 8.15. The molecule has 5 rings (SSSR count). The molecule has 1 fully saturated rings. The standard InChI is InChI=1S/C32H33F2N7O2/c1-32(2,39(3)4)15-21(16-35)31(42)41-14-6-7-22(41)17-40-18-24(27-29(36)37-19-38-30(27)40)20-10-12-23(13-11-20)43-26-9-5-8-25(33)28(26)34/h5,8-13,15,18-19,22H,6-7,14,17H2,1-4H3,(H2,36,37,38). The molecule has 3 heterocycles. The molecule has 4 aromatic rings. The number of benzene rings is 2. The lowest BCUT2D eigenvalue weighted by Gasteiger charge is -2.30. The van der Waals surface area contributed by atoms with Gasteiger partial charge in [0.05, 0.1) is 11.4 Å². The molecule has 0 saturated carbocycles. The number of nitrogens with two attached hydrogens (primary N) is 1. The molecule has 1 saturated heterocycles. The van der Waals surface area contributed by atoms with Gasteiger partial charge in [0.25, 0.3) is 5.91 Å². The van der Waals surface area contributed by atoms with Crippen LogP contribution in [-0.2, 0) is 11.3 Å². The zero-order valence-corrected chi connectivity index (χ0v) is 24.5. The van der Waals surface area contributed by atoms with Crippen molar-refractivity contribution in [2.75, 3.05) is 26.4 Å². The van der Waals surface area contributed by atoms with Crippen LogP contribution in [0.1, 0.15) is 26.7 Å². The van der Waals surface area contributed by atoms with Crippen molar-refractivity contribution in [3.63, 3.8) is 0 Å². The van der Waals surface area contributed by atoms with Gasteiger partial charge in [-0.25, -0.2) is 14.4 Å². The van der Waals surface area contributed by atoms with E-state index in [9.17, 15) is 18.8 Å². The Hall–Kier alpha value is -4.82. The molecule has 0 spiro atoms. The third kappa shape index (κ3) is 5.92. The molecular weight excluding hydrogens is 552 g/mol. The van der Waals surface area contributed by atoms with E-state index >= 15 is 0 Å². The van der Waals surface area contributed by atoms with Crippen LogP contribution in [0, 0.1) is 23.0 Å². The highest BCUT2D eigenvalue weighted by molar-refractivity contribution is 6.01. The van der Waals surface area contributed by atoms with Crippen molar-refractivity contribution in [1.82, 2.24) is 24.3 Å². The molecule has 2 aromatic carbocycles. The predicted octanol–water partition coefficient (Wildman–Crippen LogP) is 5.53. The van der Waals surface area contributed by atoms with Crippen molar-refractivity contribution < 1.29 is 18.3 Å². The van der Waals surface area contributed by atoms with Crippen LogP contribution < -0.4 is 10.5 Å². The Morgan fingerprint density at radius 1 is 1.21 bits per heavy atom. The van der Waals surface area contributed by atoms with Gasteiger partial charge in [-0.05, 0) is 76.7 Å². The number of rotatable bonds is 8. The van der Waals surface area contributed by atoms with Crippen LogP contribution in [0.5, 0.6) is 11.5 Å². The summed E-state index contributed by atoms with van der Waals surface area (Å²) >= 11 is 0. The Bertz CT molecular complexity index is 1740. The molecule has 222 valence electrons. The smallest absolute Gasteiger partial charge is 0.264 e. The van der Waals surface area contributed by atoms with E-state index in [4.69, 9.17) is 10.5 Å². The molecule has 0 aliphatic carbocycles. The van der Waals surface area contributed by atoms with Crippen LogP contribution >= 0.6 is 0 Å². The van der Waals surface area contributed by atoms with Gasteiger partial charge in [0.1, 0.15) is 35.2 Å². The number of ether oxygens (including phenoxy) is 1. The van der Waals surface area contributed by atoms with E-state index < -0.39 is 17.2 Å². The molecular formula is C32H33F2N7O2. The van der Waals surface area contributed by atoms with Crippen LogP contribution in [0.15, 0.2) is 66.6 Å². The van der Waals surface area contributed by atoms with Crippen molar-refractivity contribution in [2.24, 2.45) is 0 Å². The molecule has 1 aliphatic rings. The van der Waals surface area contributed by atoms with Crippen LogP contribution in [0.4, 0.5) is 14.6 Å². The highest BCUT2D eigenvalue weighted by Crippen LogP contribution is 2.35. The summed E-state index contributed by atoms with van der Waals surface area (Å²) < 4.78 is 35.2. The molecule has 0 bridgehead atoms. The lowest BCUT2D eigenvalue weighted by molar-refractivity contribution is -0.127. The Labute approximate surface area is 248 Å². The second-order valence-corrected chi connectivity index (χ2v) is 11.3. The molecule has 43 heavy (non-hydrogen) atoms. The normalized spacial score (nSPS) is 15.7. The van der Waals surface area contributed by atoms with E-state index in [1.54, 1.807) is 35.2 Å². The minimum atomic E-state index is -1.06. The second kappa shape index (κ2) is 11.8. The van der Waals surface area contributed by atoms with Crippen LogP contribution in [-0.4, -0.2) is 62.5 Å². The molecule has 1 atom stereocenters. The van der Waals surface area contributed by atoms with E-state index in [-0.39, 0.29) is 23.3 Å². The average Bonchev–Trinajstić information content (AvgIpc) is 3.60. The SMILES string of the molecule is CN(C)C(C)(C)C=C(C#N)C(=O)N1CCCC1Cn1cc(-c2ccc(Oc3cccc(F)c3F)cc2)c2c(N)ncnc21. The van der Waals surface area contributed by atoms with Crippen molar-refractivity contribution in [2.45, 2.75) is 44.8 Å². The van der Waals surface area contributed by atoms with Crippen LogP contribution in [0.25, 0.3) is 22.2 Å². The molecule has 0 radical (unpaired) electrons. The third-order valence-electron chi connectivity index (χ3n) is 8.04. The number of halogens is 2. The van der Waals surface area contributed by atoms with E-state index in [1.807, 2.05) is 43.6 Å². The van der Waals surface area contributed by atoms with Gasteiger partial charge in [0, 0.05) is 30.4 Å². The number of anilines is 1. The number of hydrogen-bond acceptors (Lipinski definition) is 7. The Morgan fingerprint density at radius 2 is 1.95 bits per heavy atom. The van der Waals surface area contributed by atoms with Gasteiger partial charge in [-0.15, -0.1) is 0 Å². The minimum absolute atomic E-state index is 0.121. The van der Waals surface area contributed by atoms with Crippen LogP contribution in [0.2, 0.25) is 0 Å². The predicted molar refractivity (Wildman–Crippen MR) is 160 cm³/mol. The van der Waals surface area contributed by atoms with Gasteiger partial charge >= 0.3 is 0 Å². The van der Waals surface area contributed by atoms with E-state index in [1.165, 1.54) is 18.5 Å². The van der Waals surface area contributed by atoms with Gasteiger partial charge in [0.2, 0.25) is 5.82 Å². The maximum absolute atomic E-state index is 14.1. The fourth-order valence-corrected chi connectivity index (χ4v) is 5.20. The largest absolute Gasteiger partial charge is 0.454 e. The second-order valence-electron chi connectivity index (χ2n) is 11.3. The number of fused-ring (bicyclic) bond motifs is 1. The number of carbonyl (C=O) groups is 1. The summed E-state index contributed by atoms with van der Waals surface area (Å²) in [5.74, 6) is -1.90. The number of hydrogen-bond donors (Lipinski definition) is 1. The highest BCUT2D eigenvalue weighted by atomic mass is 19.2. The van der Waals surface area contributed by atoms with Gasteiger partial charge in [-0.2, -0.15) is 9.65 Å². The minimum Gasteiger partial charge on any atom is -0.454 e. The fourth-order valence-electron chi connectivity index (χ4n) is 5.20. The topological polar surface area (TPSA) is 113 Å². The zero-order chi connectivity index (χ0) is 30.9. The molecule has 11 heteroatoms. The molecule has 2 N–H and O–H groups in total. The van der Waals surface area contributed by atoms with E-state index in [2.05, 4.69) is 16.0 Å². The lowest BCUT2D eigenvalue weighted by atomic mass is 9.99. The first-order valence-electron chi connectivity index (χ1n) is 13.9. The summed E-state index contributed by atoms with van der Waals surface area (Å²) in [7, 11) is 3.81. The summed E-state index contributed by atoms with van der Waals surface area (Å²) in [6.07, 6.45) is 6.65. The maximum atomic E-state index is 14.1. The maximum Gasteiger partial charge on any atom is 0.264 e. The zero-order valence-electron chi connectivity index (χ0n) is 24.5. The number of nitrogens with zero attached hydrogens (tertiary/aromatic N) is 6. The number of aromatic nitrogens is 3. The van der Waals surface area contributed by atoms with Gasteiger partial charge in [0.15, 0.2) is 11.6 Å². The van der Waals surface area contributed by atoms with Gasteiger partial charge in [-0.3, -0.25) is 4.79 Å². The Balaban J connectivity index is 1.43. The molecule has 1 unspecified atom stereocenters. The summed E-state index contributed by atoms with van der Waals surface area (Å²) in [6, 6.07) is 12.6. The first kappa shape index (κ1) is 29.7. The number of carbonyl (C=O) groups excluding carboxylic acids is 1.